The van der Waals surface area contributed by atoms with Gasteiger partial charge in [0.1, 0.15) is 0 Å². The third kappa shape index (κ3) is 5.18. The molecular weight excluding hydrogens is 468 g/mol. The van der Waals surface area contributed by atoms with Crippen molar-refractivity contribution in [3.05, 3.63) is 0 Å². The summed E-state index contributed by atoms with van der Waals surface area (Å²) in [5, 5.41) is 9.38. The van der Waals surface area contributed by atoms with Crippen LogP contribution in [0, 0.1) is 11.8 Å². The van der Waals surface area contributed by atoms with E-state index in [1.165, 1.54) is 6.92 Å². The number of aliphatic hydroxyl groups is 1. The van der Waals surface area contributed by atoms with Crippen LogP contribution in [0.2, 0.25) is 0 Å². The normalized spacial score (nSPS) is 22.6. The van der Waals surface area contributed by atoms with Crippen molar-refractivity contribution in [1.82, 2.24) is 0 Å². The predicted molar refractivity (Wildman–Crippen MR) is 79.8 cm³/mol. The summed E-state index contributed by atoms with van der Waals surface area (Å²) in [6.07, 6.45) is -30.1. The van der Waals surface area contributed by atoms with Crippen LogP contribution in [0.15, 0.2) is 0 Å². The number of hydrogen-bond acceptors (Lipinski definition) is 3. The Morgan fingerprint density at radius 3 is 1.35 bits per heavy atom. The summed E-state index contributed by atoms with van der Waals surface area (Å²) in [6, 6.07) is 0. The first-order valence-electron chi connectivity index (χ1n) is 8.98. The topological polar surface area (TPSA) is 38.7 Å². The molecule has 0 aromatic heterocycles. The van der Waals surface area contributed by atoms with E-state index in [9.17, 15) is 57.8 Å². The molecule has 0 saturated heterocycles. The third-order valence-corrected chi connectivity index (χ3v) is 5.36. The Bertz CT molecular complexity index is 542. The van der Waals surface area contributed by atoms with E-state index in [0.29, 0.717) is 0 Å². The maximum absolute atomic E-state index is 13.6. The molecule has 0 unspecified atom stereocenters. The Labute approximate surface area is 168 Å². The van der Waals surface area contributed by atoms with Crippen molar-refractivity contribution in [2.24, 2.45) is 11.8 Å². The van der Waals surface area contributed by atoms with Gasteiger partial charge in [-0.25, -0.2) is 0 Å². The lowest BCUT2D eigenvalue weighted by Gasteiger charge is -2.47. The van der Waals surface area contributed by atoms with Gasteiger partial charge in [0.25, 0.3) is 11.2 Å². The molecule has 1 rings (SSSR count). The smallest absolute Gasteiger partial charge is 0.379 e. The third-order valence-electron chi connectivity index (χ3n) is 5.36. The summed E-state index contributed by atoms with van der Waals surface area (Å²) in [7, 11) is 0. The fourth-order valence-electron chi connectivity index (χ4n) is 3.85. The SMILES string of the molecule is CCOCCOC(C1CCC(C(O)(C(F)(F)F)C(F)(F)F)CC1)(C(F)(F)F)C(F)(F)F. The quantitative estimate of drug-likeness (QED) is 0.377. The van der Waals surface area contributed by atoms with Crippen LogP contribution in [0.3, 0.4) is 0 Å². The molecule has 186 valence electrons. The summed E-state index contributed by atoms with van der Waals surface area (Å²) in [5.74, 6) is -5.19. The number of alkyl halides is 12. The van der Waals surface area contributed by atoms with Gasteiger partial charge in [-0.1, -0.05) is 0 Å². The predicted octanol–water partition coefficient (Wildman–Crippen LogP) is 5.57. The molecule has 0 bridgehead atoms. The highest BCUT2D eigenvalue weighted by atomic mass is 19.4. The van der Waals surface area contributed by atoms with Gasteiger partial charge in [0, 0.05) is 18.4 Å². The molecule has 1 saturated carbocycles. The summed E-state index contributed by atoms with van der Waals surface area (Å²) in [5.41, 5.74) is -10.1. The van der Waals surface area contributed by atoms with E-state index in [-0.39, 0.29) is 6.61 Å². The fraction of sp³-hybridized carbons (Fsp3) is 1.00. The second kappa shape index (κ2) is 9.12. The van der Waals surface area contributed by atoms with Gasteiger partial charge < -0.3 is 14.6 Å². The van der Waals surface area contributed by atoms with Gasteiger partial charge in [-0.15, -0.1) is 0 Å². The van der Waals surface area contributed by atoms with Crippen LogP contribution in [0.25, 0.3) is 0 Å². The maximum Gasteiger partial charge on any atom is 0.426 e. The molecule has 0 heterocycles. The van der Waals surface area contributed by atoms with Crippen LogP contribution >= 0.6 is 0 Å². The zero-order chi connectivity index (χ0) is 24.5. The van der Waals surface area contributed by atoms with Crippen molar-refractivity contribution in [3.8, 4) is 0 Å². The largest absolute Gasteiger partial charge is 0.426 e. The minimum Gasteiger partial charge on any atom is -0.379 e. The molecule has 0 spiro atoms. The Hall–Kier alpha value is -0.960. The minimum atomic E-state index is -6.23. The molecule has 15 heteroatoms. The summed E-state index contributed by atoms with van der Waals surface area (Å²) in [4.78, 5) is 0. The first-order valence-corrected chi connectivity index (χ1v) is 8.98. The lowest BCUT2D eigenvalue weighted by Crippen LogP contribution is -2.66. The molecule has 0 radical (unpaired) electrons. The minimum absolute atomic E-state index is 0.0486. The molecule has 0 aromatic rings. The summed E-state index contributed by atoms with van der Waals surface area (Å²) < 4.78 is 168. The van der Waals surface area contributed by atoms with Crippen molar-refractivity contribution in [3.63, 3.8) is 0 Å². The molecule has 1 aliphatic carbocycles. The zero-order valence-electron chi connectivity index (χ0n) is 15.9. The average molecular weight is 488 g/mol. The Balaban J connectivity index is 3.25. The van der Waals surface area contributed by atoms with E-state index in [4.69, 9.17) is 0 Å². The Kier molecular flexibility index (Phi) is 8.26. The first kappa shape index (κ1) is 28.1. The van der Waals surface area contributed by atoms with E-state index in [1.54, 1.807) is 0 Å². The summed E-state index contributed by atoms with van der Waals surface area (Å²) in [6.45, 7) is -0.457. The van der Waals surface area contributed by atoms with Gasteiger partial charge in [-0.2, -0.15) is 52.7 Å². The molecule has 0 amide bonds. The van der Waals surface area contributed by atoms with Crippen LogP contribution in [-0.4, -0.2) is 60.8 Å². The maximum atomic E-state index is 13.6. The van der Waals surface area contributed by atoms with Crippen LogP contribution in [-0.2, 0) is 9.47 Å². The van der Waals surface area contributed by atoms with Gasteiger partial charge in [-0.3, -0.25) is 0 Å². The van der Waals surface area contributed by atoms with Gasteiger partial charge >= 0.3 is 24.7 Å². The molecule has 31 heavy (non-hydrogen) atoms. The first-order chi connectivity index (χ1) is 13.8. The lowest BCUT2D eigenvalue weighted by molar-refractivity contribution is -0.407. The van der Waals surface area contributed by atoms with Gasteiger partial charge in [0.2, 0.25) is 0 Å². The molecule has 0 atom stereocenters. The molecular formula is C16H20F12O3. The van der Waals surface area contributed by atoms with E-state index in [2.05, 4.69) is 9.47 Å². The van der Waals surface area contributed by atoms with Crippen molar-refractivity contribution in [2.45, 2.75) is 68.5 Å². The number of halogens is 12. The molecule has 1 aliphatic rings. The summed E-state index contributed by atoms with van der Waals surface area (Å²) >= 11 is 0. The van der Waals surface area contributed by atoms with Crippen LogP contribution < -0.4 is 0 Å². The van der Waals surface area contributed by atoms with Crippen LogP contribution in [0.1, 0.15) is 32.6 Å². The van der Waals surface area contributed by atoms with Crippen molar-refractivity contribution in [2.75, 3.05) is 19.8 Å². The van der Waals surface area contributed by atoms with E-state index >= 15 is 0 Å². The molecule has 3 nitrogen and oxygen atoms in total. The van der Waals surface area contributed by atoms with Crippen molar-refractivity contribution in [1.29, 1.82) is 0 Å². The molecule has 0 aliphatic heterocycles. The van der Waals surface area contributed by atoms with Crippen LogP contribution in [0.5, 0.6) is 0 Å². The molecule has 1 fully saturated rings. The van der Waals surface area contributed by atoms with E-state index < -0.39 is 86.6 Å². The van der Waals surface area contributed by atoms with Gasteiger partial charge in [0.15, 0.2) is 0 Å². The lowest BCUT2D eigenvalue weighted by atomic mass is 9.67. The number of rotatable bonds is 7. The Morgan fingerprint density at radius 1 is 0.645 bits per heavy atom. The second-order valence-corrected chi connectivity index (χ2v) is 7.09. The average Bonchev–Trinajstić information content (AvgIpc) is 2.57. The zero-order valence-corrected chi connectivity index (χ0v) is 15.9. The van der Waals surface area contributed by atoms with Crippen molar-refractivity contribution >= 4 is 0 Å². The molecule has 1 N–H and O–H groups in total. The van der Waals surface area contributed by atoms with E-state index in [1.807, 2.05) is 0 Å². The van der Waals surface area contributed by atoms with Crippen LogP contribution in [0.4, 0.5) is 52.7 Å². The highest BCUT2D eigenvalue weighted by Crippen LogP contribution is 2.58. The molecule has 0 aromatic carbocycles. The number of hydrogen-bond donors (Lipinski definition) is 1. The second-order valence-electron chi connectivity index (χ2n) is 7.09. The fourth-order valence-corrected chi connectivity index (χ4v) is 3.85. The number of ether oxygens (including phenoxy) is 2. The monoisotopic (exact) mass is 488 g/mol. The Morgan fingerprint density at radius 2 is 1.03 bits per heavy atom. The van der Waals surface area contributed by atoms with Gasteiger partial charge in [-0.05, 0) is 32.6 Å². The highest BCUT2D eigenvalue weighted by molar-refractivity contribution is 5.06. The van der Waals surface area contributed by atoms with Gasteiger partial charge in [0.05, 0.1) is 13.2 Å². The van der Waals surface area contributed by atoms with Crippen molar-refractivity contribution < 1.29 is 67.3 Å². The standard InChI is InChI=1S/C16H20F12O3/c1-2-30-7-8-31-12(15(23,24)25,16(26,27)28)10-5-3-9(4-6-10)11(29,13(17,18)19)14(20,21)22/h9-10,29H,2-8H2,1H3. The van der Waals surface area contributed by atoms with E-state index in [0.717, 1.165) is 0 Å². The highest BCUT2D eigenvalue weighted by Gasteiger charge is 2.77.